The van der Waals surface area contributed by atoms with Gasteiger partial charge in [0.15, 0.2) is 0 Å². The van der Waals surface area contributed by atoms with Gasteiger partial charge in [0, 0.05) is 22.8 Å². The van der Waals surface area contributed by atoms with E-state index in [0.29, 0.717) is 17.1 Å². The molecule has 1 heterocycles. The number of anilines is 1. The average molecular weight is 229 g/mol. The number of nitrogens with two attached hydrogens (primary N) is 2. The summed E-state index contributed by atoms with van der Waals surface area (Å²) in [5, 5.41) is 7.45. The Morgan fingerprint density at radius 3 is 2.92 bits per heavy atom. The van der Waals surface area contributed by atoms with Gasteiger partial charge >= 0.3 is 0 Å². The summed E-state index contributed by atoms with van der Waals surface area (Å²) in [5.74, 6) is 0.341. The van der Waals surface area contributed by atoms with Crippen molar-refractivity contribution in [2.45, 2.75) is 0 Å². The topological polar surface area (TPSA) is 88.8 Å². The third kappa shape index (κ3) is 1.80. The molecule has 0 radical (unpaired) electrons. The van der Waals surface area contributed by atoms with E-state index in [0.717, 1.165) is 4.47 Å². The van der Waals surface area contributed by atoms with Crippen molar-refractivity contribution in [2.75, 3.05) is 12.3 Å². The van der Waals surface area contributed by atoms with E-state index >= 15 is 0 Å². The van der Waals surface area contributed by atoms with Crippen LogP contribution in [0.15, 0.2) is 16.7 Å². The standard InChI is InChI=1S/C7H9BrN4/c8-4-1-5(6(10)2-9)7(11)12-3-4/h1,3,10H,2,9H2,(H2,11,12). The van der Waals surface area contributed by atoms with Gasteiger partial charge in [0.25, 0.3) is 0 Å². The number of aromatic nitrogens is 1. The van der Waals surface area contributed by atoms with Gasteiger partial charge in [0.2, 0.25) is 0 Å². The fourth-order valence-corrected chi connectivity index (χ4v) is 1.13. The van der Waals surface area contributed by atoms with E-state index in [4.69, 9.17) is 16.9 Å². The fraction of sp³-hybridized carbons (Fsp3) is 0.143. The molecule has 1 aromatic rings. The van der Waals surface area contributed by atoms with Gasteiger partial charge in [-0.3, -0.25) is 0 Å². The van der Waals surface area contributed by atoms with E-state index in [1.54, 1.807) is 12.3 Å². The zero-order chi connectivity index (χ0) is 9.14. The van der Waals surface area contributed by atoms with Gasteiger partial charge < -0.3 is 16.9 Å². The maximum atomic E-state index is 7.45. The fourth-order valence-electron chi connectivity index (χ4n) is 0.802. The summed E-state index contributed by atoms with van der Waals surface area (Å²) >= 11 is 3.24. The van der Waals surface area contributed by atoms with Crippen LogP contribution < -0.4 is 11.5 Å². The molecule has 0 aromatic carbocycles. The molecule has 0 saturated carbocycles. The van der Waals surface area contributed by atoms with Crippen LogP contribution in [0.2, 0.25) is 0 Å². The van der Waals surface area contributed by atoms with Crippen molar-refractivity contribution in [2.24, 2.45) is 5.73 Å². The highest BCUT2D eigenvalue weighted by molar-refractivity contribution is 9.10. The van der Waals surface area contributed by atoms with E-state index < -0.39 is 0 Å². The second kappa shape index (κ2) is 3.64. The summed E-state index contributed by atoms with van der Waals surface area (Å²) in [6.45, 7) is 0.169. The van der Waals surface area contributed by atoms with Crippen LogP contribution >= 0.6 is 15.9 Å². The highest BCUT2D eigenvalue weighted by atomic mass is 79.9. The molecule has 0 fully saturated rings. The number of nitrogens with one attached hydrogen (secondary N) is 1. The Bertz CT molecular complexity index is 310. The lowest BCUT2D eigenvalue weighted by atomic mass is 10.1. The van der Waals surface area contributed by atoms with Crippen LogP contribution in [0.5, 0.6) is 0 Å². The quantitative estimate of drug-likeness (QED) is 0.654. The normalized spacial score (nSPS) is 9.83. The smallest absolute Gasteiger partial charge is 0.132 e. The van der Waals surface area contributed by atoms with Crippen LogP contribution in [0.4, 0.5) is 5.82 Å². The zero-order valence-electron chi connectivity index (χ0n) is 6.34. The molecular formula is C7H9BrN4. The molecule has 5 heteroatoms. The van der Waals surface area contributed by atoms with E-state index in [2.05, 4.69) is 20.9 Å². The lowest BCUT2D eigenvalue weighted by Crippen LogP contribution is -2.16. The third-order valence-corrected chi connectivity index (χ3v) is 1.85. The molecule has 0 aliphatic carbocycles. The summed E-state index contributed by atoms with van der Waals surface area (Å²) in [7, 11) is 0. The molecule has 0 spiro atoms. The molecular weight excluding hydrogens is 220 g/mol. The van der Waals surface area contributed by atoms with Crippen LogP contribution in [-0.2, 0) is 0 Å². The van der Waals surface area contributed by atoms with Crippen LogP contribution in [0.3, 0.4) is 0 Å². The van der Waals surface area contributed by atoms with Gasteiger partial charge in [0.1, 0.15) is 5.82 Å². The Morgan fingerprint density at radius 2 is 2.33 bits per heavy atom. The molecule has 0 aliphatic rings. The lowest BCUT2D eigenvalue weighted by Gasteiger charge is -2.04. The van der Waals surface area contributed by atoms with Crippen molar-refractivity contribution < 1.29 is 0 Å². The molecule has 0 unspecified atom stereocenters. The number of hydrogen-bond donors (Lipinski definition) is 3. The molecule has 1 rings (SSSR count). The highest BCUT2D eigenvalue weighted by Crippen LogP contribution is 2.15. The Labute approximate surface area is 78.6 Å². The average Bonchev–Trinajstić information content (AvgIpc) is 2.08. The van der Waals surface area contributed by atoms with Crippen molar-refractivity contribution in [3.05, 3.63) is 22.3 Å². The Hall–Kier alpha value is -0.940. The molecule has 0 amide bonds. The zero-order valence-corrected chi connectivity index (χ0v) is 7.93. The molecule has 5 N–H and O–H groups in total. The molecule has 0 saturated heterocycles. The van der Waals surface area contributed by atoms with E-state index in [1.807, 2.05) is 0 Å². The number of rotatable bonds is 2. The maximum Gasteiger partial charge on any atom is 0.132 e. The van der Waals surface area contributed by atoms with Crippen molar-refractivity contribution in [3.63, 3.8) is 0 Å². The van der Waals surface area contributed by atoms with Gasteiger partial charge in [-0.25, -0.2) is 4.98 Å². The molecule has 0 bridgehead atoms. The summed E-state index contributed by atoms with van der Waals surface area (Å²) < 4.78 is 0.796. The van der Waals surface area contributed by atoms with Crippen molar-refractivity contribution in [1.29, 1.82) is 5.41 Å². The minimum Gasteiger partial charge on any atom is -0.383 e. The van der Waals surface area contributed by atoms with Crippen molar-refractivity contribution in [3.8, 4) is 0 Å². The second-order valence-corrected chi connectivity index (χ2v) is 3.18. The number of pyridine rings is 1. The highest BCUT2D eigenvalue weighted by Gasteiger charge is 2.05. The first kappa shape index (κ1) is 9.15. The van der Waals surface area contributed by atoms with Gasteiger partial charge in [-0.1, -0.05) is 0 Å². The molecule has 0 aliphatic heterocycles. The Balaban J connectivity index is 3.13. The largest absolute Gasteiger partial charge is 0.383 e. The third-order valence-electron chi connectivity index (χ3n) is 1.41. The molecule has 1 aromatic heterocycles. The van der Waals surface area contributed by atoms with Crippen LogP contribution in [-0.4, -0.2) is 17.2 Å². The predicted octanol–water partition coefficient (Wildman–Crippen LogP) is 0.753. The first-order chi connectivity index (χ1) is 5.65. The minimum atomic E-state index is 0.169. The van der Waals surface area contributed by atoms with Crippen LogP contribution in [0.1, 0.15) is 5.56 Å². The van der Waals surface area contributed by atoms with Crippen molar-refractivity contribution >= 4 is 27.5 Å². The summed E-state index contributed by atoms with van der Waals surface area (Å²) in [6, 6.07) is 1.73. The SMILES string of the molecule is N=C(CN)c1cc(Br)cnc1N. The van der Waals surface area contributed by atoms with Gasteiger partial charge in [-0.2, -0.15) is 0 Å². The van der Waals surface area contributed by atoms with Gasteiger partial charge in [-0.05, 0) is 22.0 Å². The Kier molecular flexibility index (Phi) is 2.78. The van der Waals surface area contributed by atoms with Gasteiger partial charge in [-0.15, -0.1) is 0 Å². The first-order valence-electron chi connectivity index (χ1n) is 3.34. The monoisotopic (exact) mass is 228 g/mol. The number of hydrogen-bond acceptors (Lipinski definition) is 4. The van der Waals surface area contributed by atoms with E-state index in [9.17, 15) is 0 Å². The number of halogens is 1. The number of nitrogens with zero attached hydrogens (tertiary/aromatic N) is 1. The first-order valence-corrected chi connectivity index (χ1v) is 4.13. The van der Waals surface area contributed by atoms with Gasteiger partial charge in [0.05, 0.1) is 5.71 Å². The molecule has 4 nitrogen and oxygen atoms in total. The van der Waals surface area contributed by atoms with E-state index in [-0.39, 0.29) is 6.54 Å². The predicted molar refractivity (Wildman–Crippen MR) is 52.2 cm³/mol. The van der Waals surface area contributed by atoms with E-state index in [1.165, 1.54) is 0 Å². The lowest BCUT2D eigenvalue weighted by molar-refractivity contribution is 1.24. The molecule has 12 heavy (non-hydrogen) atoms. The second-order valence-electron chi connectivity index (χ2n) is 2.27. The maximum absolute atomic E-state index is 7.45. The summed E-state index contributed by atoms with van der Waals surface area (Å²) in [4.78, 5) is 3.88. The molecule has 0 atom stereocenters. The summed E-state index contributed by atoms with van der Waals surface area (Å²) in [6.07, 6.45) is 1.59. The Morgan fingerprint density at radius 1 is 1.67 bits per heavy atom. The van der Waals surface area contributed by atoms with Crippen molar-refractivity contribution in [1.82, 2.24) is 4.98 Å². The van der Waals surface area contributed by atoms with Crippen LogP contribution in [0.25, 0.3) is 0 Å². The van der Waals surface area contributed by atoms with Crippen LogP contribution in [0, 0.1) is 5.41 Å². The summed E-state index contributed by atoms with van der Waals surface area (Å²) in [5.41, 5.74) is 11.7. The number of nitrogen functional groups attached to an aromatic ring is 1. The minimum absolute atomic E-state index is 0.169. The molecule has 64 valence electrons.